The lowest BCUT2D eigenvalue weighted by molar-refractivity contribution is -0.146. The van der Waals surface area contributed by atoms with Crippen LogP contribution in [0.3, 0.4) is 0 Å². The van der Waals surface area contributed by atoms with Crippen LogP contribution in [0.4, 0.5) is 17.6 Å². The Labute approximate surface area is 676 Å². The Balaban J connectivity index is -0.0000000981. The molecular weight excluding hydrogens is 1470 g/mol. The highest BCUT2D eigenvalue weighted by molar-refractivity contribution is 5.70. The first-order valence-corrected chi connectivity index (χ1v) is 41.6. The summed E-state index contributed by atoms with van der Waals surface area (Å²) in [4.78, 5) is 120. The van der Waals surface area contributed by atoms with E-state index >= 15 is 0 Å². The van der Waals surface area contributed by atoms with Gasteiger partial charge in [0.05, 0.1) is 79.3 Å². The molecule has 0 aromatic rings. The second kappa shape index (κ2) is 131. The SMILES string of the molecule is CC(F)(F)CCOC=O.CCCCC(=O)OCC.CCCCC(=O)OCCC.CCCCC(=O)OCCC(C)(F)F.CCCCCCCCCOC=O.CCCCCCCOC=O.CCCCCOC(=O)CCCC.CCCCCOC=O.CCCCOC(=O)CCCC.CCCCOC=O.CCCOC=O.CCOC=O. The summed E-state index contributed by atoms with van der Waals surface area (Å²) < 4.78 is 103. The molecular formula is C84H164F4O24. The standard InChI is InChI=1S/2C10H20O2.C9H16F2O2.C9H18O2.2C8H16O2.C7H14O2.C6H12O2.C5H8F2O2.C5H10O2.C4H8O2.C3H6O2/c1-3-5-7-9-12-10(11)8-6-4-2;1-2-3-4-5-6-7-8-9-12-10-11;1-3-4-5-8(12)13-7-6-9(2,10)11;1-3-5-7-9(10)11-8-6-4-2;1-3-5-6-8(9)10-7-4-2;1-2-3-4-5-6-7-10-8-9;1-3-5-6-7(8)9-4-2;1-2-3-4-5-8-6-7;1-5(6,7)2-3-9-4-8;1-2-3-4-7-5-6;1-2-3-6-4-5;1-2-5-3-4/h3-9H2,1-2H3;10H,2-9H2,1H3;3-7H2,1-2H3;3-8H2,1-2H3;3-7H2,1-2H3;8H,2-7H2,1H3;3-6H2,1-2H3;6H,2-5H2,1H3;4H,2-3H2,1H3;5H,2-4H2,1H3;4H,2-3H2,1H3;3H,2H2,1H3. The van der Waals surface area contributed by atoms with Gasteiger partial charge in [-0.05, 0) is 111 Å². The fraction of sp³-hybridized carbons (Fsp3) is 0.857. The number of carbonyl (C=O) groups is 12. The van der Waals surface area contributed by atoms with Crippen LogP contribution in [-0.2, 0) is 114 Å². The molecule has 0 spiro atoms. The van der Waals surface area contributed by atoms with Gasteiger partial charge < -0.3 is 56.8 Å². The first-order valence-electron chi connectivity index (χ1n) is 41.6. The first kappa shape index (κ1) is 132. The molecule has 0 heterocycles. The van der Waals surface area contributed by atoms with Crippen molar-refractivity contribution in [3.63, 3.8) is 0 Å². The third kappa shape index (κ3) is 196. The van der Waals surface area contributed by atoms with Crippen LogP contribution in [0.15, 0.2) is 0 Å². The predicted octanol–water partition coefficient (Wildman–Crippen LogP) is 21.4. The van der Waals surface area contributed by atoms with Gasteiger partial charge in [-0.15, -0.1) is 0 Å². The molecule has 0 aromatic heterocycles. The molecule has 0 fully saturated rings. The van der Waals surface area contributed by atoms with Crippen molar-refractivity contribution in [1.82, 2.24) is 0 Å². The van der Waals surface area contributed by atoms with Crippen LogP contribution in [-0.4, -0.2) is 166 Å². The number of ether oxygens (including phenoxy) is 12. The molecule has 0 aliphatic carbocycles. The normalized spacial score (nSPS) is 9.47. The van der Waals surface area contributed by atoms with Gasteiger partial charge in [0.25, 0.3) is 45.3 Å². The summed E-state index contributed by atoms with van der Waals surface area (Å²) in [6.45, 7) is 40.4. The van der Waals surface area contributed by atoms with Crippen LogP contribution < -0.4 is 0 Å². The van der Waals surface area contributed by atoms with Gasteiger partial charge >= 0.3 is 29.8 Å². The van der Waals surface area contributed by atoms with Crippen molar-refractivity contribution in [3.8, 4) is 0 Å². The van der Waals surface area contributed by atoms with Crippen LogP contribution in [0.1, 0.15) is 381 Å². The number of alkyl halides is 4. The molecule has 24 nitrogen and oxygen atoms in total. The van der Waals surface area contributed by atoms with Crippen molar-refractivity contribution in [2.75, 3.05) is 79.3 Å². The maximum absolute atomic E-state index is 12.2. The van der Waals surface area contributed by atoms with E-state index in [2.05, 4.69) is 100 Å². The summed E-state index contributed by atoms with van der Waals surface area (Å²) in [5.74, 6) is -6.06. The van der Waals surface area contributed by atoms with E-state index in [0.717, 1.165) is 155 Å². The molecule has 0 aromatic carbocycles. The average molecular weight is 1630 g/mol. The van der Waals surface area contributed by atoms with Crippen LogP contribution in [0.5, 0.6) is 0 Å². The summed E-state index contributed by atoms with van der Waals surface area (Å²) in [7, 11) is 0. The van der Waals surface area contributed by atoms with E-state index in [9.17, 15) is 75.1 Å². The van der Waals surface area contributed by atoms with Gasteiger partial charge in [0.2, 0.25) is 11.8 Å². The van der Waals surface area contributed by atoms with E-state index in [1.807, 2.05) is 34.6 Å². The summed E-state index contributed by atoms with van der Waals surface area (Å²) >= 11 is 0. The molecule has 0 aliphatic rings. The number of esters is 5. The number of unbranched alkanes of at least 4 members (excludes halogenated alkanes) is 21. The van der Waals surface area contributed by atoms with Crippen molar-refractivity contribution in [2.45, 2.75) is 393 Å². The third-order valence-corrected chi connectivity index (χ3v) is 13.4. The van der Waals surface area contributed by atoms with Gasteiger partial charge in [0.15, 0.2) is 0 Å². The number of halogens is 4. The van der Waals surface area contributed by atoms with E-state index in [-0.39, 0.29) is 49.5 Å². The molecule has 0 saturated carbocycles. The molecule has 672 valence electrons. The lowest BCUT2D eigenvalue weighted by atomic mass is 10.1. The van der Waals surface area contributed by atoms with Gasteiger partial charge in [0.1, 0.15) is 0 Å². The average Bonchev–Trinajstić information content (AvgIpc) is 1.12. The Kier molecular flexibility index (Phi) is 154. The summed E-state index contributed by atoms with van der Waals surface area (Å²) in [5, 5.41) is 0. The lowest BCUT2D eigenvalue weighted by Gasteiger charge is -2.09. The molecule has 0 bridgehead atoms. The minimum Gasteiger partial charge on any atom is -0.468 e. The van der Waals surface area contributed by atoms with Crippen molar-refractivity contribution < 1.29 is 132 Å². The number of hydrogen-bond donors (Lipinski definition) is 0. The zero-order valence-corrected chi connectivity index (χ0v) is 73.3. The highest BCUT2D eigenvalue weighted by Gasteiger charge is 2.21. The zero-order chi connectivity index (χ0) is 87.8. The van der Waals surface area contributed by atoms with Crippen LogP contribution in [0.2, 0.25) is 0 Å². The van der Waals surface area contributed by atoms with Crippen LogP contribution in [0, 0.1) is 0 Å². The lowest BCUT2D eigenvalue weighted by Crippen LogP contribution is -2.15. The molecule has 0 atom stereocenters. The smallest absolute Gasteiger partial charge is 0.305 e. The Hall–Kier alpha value is -6.64. The Morgan fingerprint density at radius 1 is 0.214 bits per heavy atom. The highest BCUT2D eigenvalue weighted by Crippen LogP contribution is 2.17. The van der Waals surface area contributed by atoms with Gasteiger partial charge in [-0.2, -0.15) is 0 Å². The molecule has 0 amide bonds. The summed E-state index contributed by atoms with van der Waals surface area (Å²) in [6.07, 6.45) is 38.9. The maximum Gasteiger partial charge on any atom is 0.305 e. The summed E-state index contributed by atoms with van der Waals surface area (Å²) in [5.41, 5.74) is 0. The minimum atomic E-state index is -2.75. The second-order valence-electron chi connectivity index (χ2n) is 24.9. The molecule has 0 saturated heterocycles. The monoisotopic (exact) mass is 1630 g/mol. The quantitative estimate of drug-likeness (QED) is 0.0179. The van der Waals surface area contributed by atoms with Crippen LogP contribution >= 0.6 is 0 Å². The minimum absolute atomic E-state index is 0.0343. The second-order valence-corrected chi connectivity index (χ2v) is 24.9. The topological polar surface area (TPSA) is 316 Å². The van der Waals surface area contributed by atoms with E-state index < -0.39 is 24.7 Å². The van der Waals surface area contributed by atoms with Gasteiger partial charge in [-0.1, -0.05) is 225 Å². The Bertz CT molecular complexity index is 1840. The molecule has 28 heteroatoms. The Morgan fingerprint density at radius 2 is 0.429 bits per heavy atom. The largest absolute Gasteiger partial charge is 0.468 e. The van der Waals surface area contributed by atoms with Crippen molar-refractivity contribution in [2.24, 2.45) is 0 Å². The Morgan fingerprint density at radius 3 is 0.696 bits per heavy atom. The predicted molar refractivity (Wildman–Crippen MR) is 435 cm³/mol. The first-order chi connectivity index (χ1) is 53.7. The molecule has 0 N–H and O–H groups in total. The van der Waals surface area contributed by atoms with E-state index in [1.54, 1.807) is 6.92 Å². The molecule has 0 rings (SSSR count). The molecule has 112 heavy (non-hydrogen) atoms. The molecule has 0 aliphatic heterocycles. The number of rotatable bonds is 62. The van der Waals surface area contributed by atoms with Gasteiger partial charge in [0, 0.05) is 44.9 Å². The highest BCUT2D eigenvalue weighted by atomic mass is 19.3. The number of carbonyl (C=O) groups excluding carboxylic acids is 12. The van der Waals surface area contributed by atoms with Crippen molar-refractivity contribution in [1.29, 1.82) is 0 Å². The van der Waals surface area contributed by atoms with Gasteiger partial charge in [-0.25, -0.2) is 17.6 Å². The van der Waals surface area contributed by atoms with Gasteiger partial charge in [-0.3, -0.25) is 57.5 Å². The van der Waals surface area contributed by atoms with E-state index in [4.69, 9.17) is 18.9 Å². The third-order valence-electron chi connectivity index (χ3n) is 13.4. The van der Waals surface area contributed by atoms with E-state index in [1.165, 1.54) is 77.0 Å². The molecule has 0 unspecified atom stereocenters. The van der Waals surface area contributed by atoms with Crippen molar-refractivity contribution in [3.05, 3.63) is 0 Å². The fourth-order valence-electron chi connectivity index (χ4n) is 6.86. The molecule has 0 radical (unpaired) electrons. The summed E-state index contributed by atoms with van der Waals surface area (Å²) in [6, 6.07) is 0. The zero-order valence-electron chi connectivity index (χ0n) is 73.3. The maximum atomic E-state index is 12.2. The fourth-order valence-corrected chi connectivity index (χ4v) is 6.86. The van der Waals surface area contributed by atoms with Crippen molar-refractivity contribution >= 4 is 75.2 Å². The van der Waals surface area contributed by atoms with Crippen LogP contribution in [0.25, 0.3) is 0 Å². The van der Waals surface area contributed by atoms with E-state index in [0.29, 0.717) is 137 Å². The number of hydrogen-bond acceptors (Lipinski definition) is 24.